The molecule has 0 fully saturated rings. The van der Waals surface area contributed by atoms with Crippen molar-refractivity contribution in [2.45, 2.75) is 39.2 Å². The Hall–Kier alpha value is -0.390. The Balaban J connectivity index is 2.68. The average molecular weight is 376 g/mol. The minimum atomic E-state index is -2.91. The average Bonchev–Trinajstić information content (AvgIpc) is 2.33. The van der Waals surface area contributed by atoms with Crippen molar-refractivity contribution < 1.29 is 8.42 Å². The third kappa shape index (κ3) is 9.27. The summed E-state index contributed by atoms with van der Waals surface area (Å²) in [6, 6.07) is 8.24. The van der Waals surface area contributed by atoms with Gasteiger partial charge in [-0.25, -0.2) is 8.42 Å². The minimum absolute atomic E-state index is 0.0447. The van der Waals surface area contributed by atoms with Crippen LogP contribution in [0.5, 0.6) is 0 Å². The van der Waals surface area contributed by atoms with E-state index >= 15 is 0 Å². The standard InChI is InChI=1S/C16H26BrNO2S/c1-16(2,3)18-12-14(9-10-21(4,19)20)11-13-5-7-15(17)8-6-13/h5-8,14,18H,9-12H2,1-4H3. The van der Waals surface area contributed by atoms with E-state index < -0.39 is 9.84 Å². The van der Waals surface area contributed by atoms with Crippen LogP contribution >= 0.6 is 15.9 Å². The Kier molecular flexibility index (Phi) is 6.88. The first-order valence-corrected chi connectivity index (χ1v) is 10.1. The topological polar surface area (TPSA) is 46.2 Å². The second-order valence-corrected chi connectivity index (χ2v) is 9.92. The van der Waals surface area contributed by atoms with Gasteiger partial charge in [0.25, 0.3) is 0 Å². The first-order valence-electron chi connectivity index (χ1n) is 7.22. The molecule has 0 radical (unpaired) electrons. The van der Waals surface area contributed by atoms with E-state index in [-0.39, 0.29) is 11.3 Å². The molecule has 120 valence electrons. The van der Waals surface area contributed by atoms with Gasteiger partial charge in [-0.2, -0.15) is 0 Å². The summed E-state index contributed by atoms with van der Waals surface area (Å²) in [6.45, 7) is 7.20. The lowest BCUT2D eigenvalue weighted by Crippen LogP contribution is -2.40. The zero-order chi connectivity index (χ0) is 16.1. The molecule has 0 saturated carbocycles. The van der Waals surface area contributed by atoms with Crippen molar-refractivity contribution in [2.24, 2.45) is 5.92 Å². The fraction of sp³-hybridized carbons (Fsp3) is 0.625. The maximum absolute atomic E-state index is 11.4. The maximum Gasteiger partial charge on any atom is 0.147 e. The summed E-state index contributed by atoms with van der Waals surface area (Å²) in [5, 5.41) is 3.49. The Labute approximate surface area is 137 Å². The van der Waals surface area contributed by atoms with Crippen LogP contribution in [0.3, 0.4) is 0 Å². The molecule has 0 aliphatic heterocycles. The number of sulfone groups is 1. The molecular formula is C16H26BrNO2S. The Bertz CT molecular complexity index is 532. The number of benzene rings is 1. The number of hydrogen-bond donors (Lipinski definition) is 1. The number of hydrogen-bond acceptors (Lipinski definition) is 3. The highest BCUT2D eigenvalue weighted by atomic mass is 79.9. The van der Waals surface area contributed by atoms with Crippen LogP contribution in [0.25, 0.3) is 0 Å². The van der Waals surface area contributed by atoms with Crippen LogP contribution in [-0.2, 0) is 16.3 Å². The number of halogens is 1. The third-order valence-corrected chi connectivity index (χ3v) is 4.76. The van der Waals surface area contributed by atoms with E-state index in [2.05, 4.69) is 54.2 Å². The summed E-state index contributed by atoms with van der Waals surface area (Å²) >= 11 is 3.43. The van der Waals surface area contributed by atoms with Crippen molar-refractivity contribution in [2.75, 3.05) is 18.6 Å². The molecule has 0 saturated heterocycles. The molecule has 0 bridgehead atoms. The molecule has 0 heterocycles. The monoisotopic (exact) mass is 375 g/mol. The predicted molar refractivity (Wildman–Crippen MR) is 93.4 cm³/mol. The van der Waals surface area contributed by atoms with E-state index in [1.165, 1.54) is 11.8 Å². The van der Waals surface area contributed by atoms with Gasteiger partial charge in [-0.3, -0.25) is 0 Å². The quantitative estimate of drug-likeness (QED) is 0.793. The summed E-state index contributed by atoms with van der Waals surface area (Å²) in [5.41, 5.74) is 1.29. The van der Waals surface area contributed by atoms with Gasteiger partial charge in [0.15, 0.2) is 0 Å². The fourth-order valence-corrected chi connectivity index (χ4v) is 3.09. The van der Waals surface area contributed by atoms with Gasteiger partial charge in [-0.1, -0.05) is 28.1 Å². The SMILES string of the molecule is CC(C)(C)NCC(CCS(C)(=O)=O)Cc1ccc(Br)cc1. The van der Waals surface area contributed by atoms with Crippen LogP contribution < -0.4 is 5.32 Å². The van der Waals surface area contributed by atoms with Crippen molar-refractivity contribution in [3.63, 3.8) is 0 Å². The summed E-state index contributed by atoms with van der Waals surface area (Å²) in [4.78, 5) is 0. The van der Waals surface area contributed by atoms with E-state index in [1.807, 2.05) is 12.1 Å². The molecule has 0 spiro atoms. The molecule has 3 nitrogen and oxygen atoms in total. The zero-order valence-electron chi connectivity index (χ0n) is 13.3. The smallest absolute Gasteiger partial charge is 0.147 e. The highest BCUT2D eigenvalue weighted by Crippen LogP contribution is 2.17. The van der Waals surface area contributed by atoms with Crippen molar-refractivity contribution in [3.05, 3.63) is 34.3 Å². The molecule has 1 atom stereocenters. The number of nitrogens with one attached hydrogen (secondary N) is 1. The van der Waals surface area contributed by atoms with Crippen molar-refractivity contribution in [1.82, 2.24) is 5.32 Å². The van der Waals surface area contributed by atoms with Gasteiger partial charge in [0, 0.05) is 16.3 Å². The van der Waals surface area contributed by atoms with Crippen LogP contribution in [0.1, 0.15) is 32.8 Å². The largest absolute Gasteiger partial charge is 0.312 e. The lowest BCUT2D eigenvalue weighted by molar-refractivity contribution is 0.363. The Morgan fingerprint density at radius 1 is 1.19 bits per heavy atom. The van der Waals surface area contributed by atoms with Crippen LogP contribution in [0.4, 0.5) is 0 Å². The summed E-state index contributed by atoms with van der Waals surface area (Å²) < 4.78 is 23.9. The molecule has 1 unspecified atom stereocenters. The van der Waals surface area contributed by atoms with Crippen LogP contribution in [0, 0.1) is 5.92 Å². The second kappa shape index (κ2) is 7.75. The normalized spacial score (nSPS) is 14.1. The molecule has 1 N–H and O–H groups in total. The molecule has 0 amide bonds. The highest BCUT2D eigenvalue weighted by molar-refractivity contribution is 9.10. The third-order valence-electron chi connectivity index (χ3n) is 3.26. The van der Waals surface area contributed by atoms with Gasteiger partial charge >= 0.3 is 0 Å². The van der Waals surface area contributed by atoms with E-state index in [0.717, 1.165) is 17.4 Å². The van der Waals surface area contributed by atoms with Crippen molar-refractivity contribution in [3.8, 4) is 0 Å². The number of rotatable bonds is 7. The second-order valence-electron chi connectivity index (χ2n) is 6.75. The maximum atomic E-state index is 11.4. The molecular weight excluding hydrogens is 350 g/mol. The summed E-state index contributed by atoms with van der Waals surface area (Å²) in [7, 11) is -2.91. The van der Waals surface area contributed by atoms with Crippen LogP contribution in [0.15, 0.2) is 28.7 Å². The zero-order valence-corrected chi connectivity index (χ0v) is 15.7. The fourth-order valence-electron chi connectivity index (χ4n) is 2.06. The van der Waals surface area contributed by atoms with Gasteiger partial charge in [-0.15, -0.1) is 0 Å². The Morgan fingerprint density at radius 2 is 1.76 bits per heavy atom. The molecule has 0 aliphatic rings. The molecule has 5 heteroatoms. The van der Waals surface area contributed by atoms with E-state index in [4.69, 9.17) is 0 Å². The van der Waals surface area contributed by atoms with Crippen LogP contribution in [-0.4, -0.2) is 32.5 Å². The minimum Gasteiger partial charge on any atom is -0.312 e. The Morgan fingerprint density at radius 3 is 2.24 bits per heavy atom. The molecule has 0 aliphatic carbocycles. The van der Waals surface area contributed by atoms with E-state index in [0.29, 0.717) is 12.3 Å². The first-order chi connectivity index (χ1) is 9.55. The predicted octanol–water partition coefficient (Wildman–Crippen LogP) is 3.43. The highest BCUT2D eigenvalue weighted by Gasteiger charge is 2.16. The molecule has 0 aromatic heterocycles. The summed E-state index contributed by atoms with van der Waals surface area (Å²) in [5.74, 6) is 0.570. The lowest BCUT2D eigenvalue weighted by atomic mass is 9.95. The van der Waals surface area contributed by atoms with Crippen molar-refractivity contribution >= 4 is 25.8 Å². The molecule has 1 aromatic rings. The van der Waals surface area contributed by atoms with Gasteiger partial charge in [0.1, 0.15) is 9.84 Å². The molecule has 1 aromatic carbocycles. The van der Waals surface area contributed by atoms with Crippen LogP contribution in [0.2, 0.25) is 0 Å². The van der Waals surface area contributed by atoms with E-state index in [1.54, 1.807) is 0 Å². The van der Waals surface area contributed by atoms with E-state index in [9.17, 15) is 8.42 Å². The lowest BCUT2D eigenvalue weighted by Gasteiger charge is -2.25. The summed E-state index contributed by atoms with van der Waals surface area (Å²) in [6.07, 6.45) is 2.89. The van der Waals surface area contributed by atoms with Gasteiger partial charge < -0.3 is 5.32 Å². The first kappa shape index (κ1) is 18.7. The van der Waals surface area contributed by atoms with Gasteiger partial charge in [0.05, 0.1) is 5.75 Å². The van der Waals surface area contributed by atoms with Gasteiger partial charge in [-0.05, 0) is 63.8 Å². The van der Waals surface area contributed by atoms with Gasteiger partial charge in [0.2, 0.25) is 0 Å². The molecule has 21 heavy (non-hydrogen) atoms. The molecule has 1 rings (SSSR count). The van der Waals surface area contributed by atoms with Crippen molar-refractivity contribution in [1.29, 1.82) is 0 Å².